The van der Waals surface area contributed by atoms with E-state index in [2.05, 4.69) is 0 Å². The van der Waals surface area contributed by atoms with E-state index in [1.807, 2.05) is 0 Å². The van der Waals surface area contributed by atoms with Crippen molar-refractivity contribution in [2.24, 2.45) is 0 Å². The molecule has 0 fully saturated rings. The first-order valence-corrected chi connectivity index (χ1v) is 7.35. The van der Waals surface area contributed by atoms with Crippen molar-refractivity contribution < 1.29 is 26.3 Å². The quantitative estimate of drug-likeness (QED) is 0.513. The summed E-state index contributed by atoms with van der Waals surface area (Å²) in [4.78, 5) is 0. The fourth-order valence-electron chi connectivity index (χ4n) is 0.892. The van der Waals surface area contributed by atoms with Gasteiger partial charge in [-0.3, -0.25) is 0 Å². The average molecular weight is 341 g/mol. The summed E-state index contributed by atoms with van der Waals surface area (Å²) >= 11 is -3.78. The van der Waals surface area contributed by atoms with Crippen LogP contribution in [0, 0.1) is 0 Å². The van der Waals surface area contributed by atoms with Gasteiger partial charge in [-0.2, -0.15) is 0 Å². The van der Waals surface area contributed by atoms with Gasteiger partial charge in [0, 0.05) is 0 Å². The Balaban J connectivity index is 4.56. The standard InChI is InChI=1S/2C4H6F3.Sn/c2*1-2-3(5)4(6)7;/h2*3H,2H2,1H3;. The first kappa shape index (κ1) is 15.4. The van der Waals surface area contributed by atoms with Crippen molar-refractivity contribution >= 4 is 21.1 Å². The third kappa shape index (κ3) is 4.40. The van der Waals surface area contributed by atoms with Gasteiger partial charge in [-0.25, -0.2) is 0 Å². The molecule has 0 aromatic rings. The monoisotopic (exact) mass is 342 g/mol. The van der Waals surface area contributed by atoms with Crippen LogP contribution in [0.5, 0.6) is 0 Å². The Hall–Kier alpha value is 0.379. The van der Waals surface area contributed by atoms with Crippen molar-refractivity contribution in [1.29, 1.82) is 0 Å². The molecule has 0 N–H and O–H groups in total. The normalized spacial score (nSPS) is 17.6. The maximum atomic E-state index is 12.9. The molecule has 2 radical (unpaired) electrons. The average Bonchev–Trinajstić information content (AvgIpc) is 2.13. The van der Waals surface area contributed by atoms with Gasteiger partial charge in [-0.1, -0.05) is 0 Å². The van der Waals surface area contributed by atoms with E-state index in [9.17, 15) is 26.3 Å². The molecule has 15 heavy (non-hydrogen) atoms. The molecule has 2 atom stereocenters. The van der Waals surface area contributed by atoms with E-state index in [1.165, 1.54) is 0 Å². The Bertz CT molecular complexity index is 176. The molecule has 0 rings (SSSR count). The fourth-order valence-corrected chi connectivity index (χ4v) is 4.22. The molecule has 0 amide bonds. The molecule has 0 heterocycles. The summed E-state index contributed by atoms with van der Waals surface area (Å²) in [6, 6.07) is 0. The molecule has 0 aliphatic heterocycles. The van der Waals surface area contributed by atoms with E-state index in [1.54, 1.807) is 0 Å². The zero-order valence-electron chi connectivity index (χ0n) is 8.34. The summed E-state index contributed by atoms with van der Waals surface area (Å²) in [6.07, 6.45) is -6.24. The predicted octanol–water partition coefficient (Wildman–Crippen LogP) is 3.37. The van der Waals surface area contributed by atoms with Crippen LogP contribution in [0.25, 0.3) is 0 Å². The molecule has 7 heteroatoms. The van der Waals surface area contributed by atoms with Crippen molar-refractivity contribution in [1.82, 2.24) is 0 Å². The van der Waals surface area contributed by atoms with E-state index < -0.39 is 54.2 Å². The van der Waals surface area contributed by atoms with E-state index in [0.29, 0.717) is 0 Å². The molecule has 0 aromatic heterocycles. The van der Waals surface area contributed by atoms with Crippen molar-refractivity contribution in [2.45, 2.75) is 46.9 Å². The van der Waals surface area contributed by atoms with E-state index in [4.69, 9.17) is 0 Å². The van der Waals surface area contributed by atoms with Crippen molar-refractivity contribution in [3.63, 3.8) is 0 Å². The van der Waals surface area contributed by atoms with Gasteiger partial charge in [0.05, 0.1) is 0 Å². The van der Waals surface area contributed by atoms with Crippen LogP contribution in [-0.4, -0.2) is 41.4 Å². The van der Waals surface area contributed by atoms with Gasteiger partial charge < -0.3 is 0 Å². The van der Waals surface area contributed by atoms with Gasteiger partial charge in [0.2, 0.25) is 0 Å². The van der Waals surface area contributed by atoms with Crippen LogP contribution in [0.2, 0.25) is 0 Å². The topological polar surface area (TPSA) is 0 Å². The number of alkyl halides is 6. The molecule has 0 saturated heterocycles. The SMILES string of the molecule is CCC(F)[C](F)(F)[Sn][C](F)(F)C(F)CC. The van der Waals surface area contributed by atoms with E-state index in [0.717, 1.165) is 13.8 Å². The number of hydrogen-bond acceptors (Lipinski definition) is 0. The van der Waals surface area contributed by atoms with Gasteiger partial charge >= 0.3 is 94.4 Å². The second-order valence-electron chi connectivity index (χ2n) is 3.12. The summed E-state index contributed by atoms with van der Waals surface area (Å²) in [5.41, 5.74) is 0. The van der Waals surface area contributed by atoms with Gasteiger partial charge in [0.1, 0.15) is 0 Å². The minimum atomic E-state index is -4.01. The van der Waals surface area contributed by atoms with Crippen LogP contribution in [0.15, 0.2) is 0 Å². The van der Waals surface area contributed by atoms with Crippen LogP contribution in [-0.2, 0) is 0 Å². The summed E-state index contributed by atoms with van der Waals surface area (Å²) in [6.45, 7) is 2.28. The molecular formula is C8H12F6Sn. The molecule has 0 spiro atoms. The number of halogens is 6. The Kier molecular flexibility index (Phi) is 5.77. The molecule has 0 aliphatic rings. The first-order valence-electron chi connectivity index (χ1n) is 4.50. The first-order chi connectivity index (χ1) is 6.67. The summed E-state index contributed by atoms with van der Waals surface area (Å²) in [5, 5.41) is 0. The summed E-state index contributed by atoms with van der Waals surface area (Å²) in [7, 11) is 0. The summed E-state index contributed by atoms with van der Waals surface area (Å²) < 4.78 is 68.7. The maximum absolute atomic E-state index is 12.9. The number of hydrogen-bond donors (Lipinski definition) is 0. The third-order valence-corrected chi connectivity index (χ3v) is 5.53. The van der Waals surface area contributed by atoms with Crippen molar-refractivity contribution in [3.05, 3.63) is 0 Å². The van der Waals surface area contributed by atoms with Gasteiger partial charge in [-0.15, -0.1) is 0 Å². The summed E-state index contributed by atoms with van der Waals surface area (Å²) in [5.74, 6) is 0. The minimum absolute atomic E-state index is 0.535. The second-order valence-corrected chi connectivity index (χ2v) is 7.64. The predicted molar refractivity (Wildman–Crippen MR) is 46.0 cm³/mol. The molecular weight excluding hydrogens is 329 g/mol. The van der Waals surface area contributed by atoms with Crippen LogP contribution in [0.4, 0.5) is 26.3 Å². The van der Waals surface area contributed by atoms with Gasteiger partial charge in [0.15, 0.2) is 0 Å². The van der Waals surface area contributed by atoms with Crippen LogP contribution >= 0.6 is 0 Å². The molecule has 90 valence electrons. The van der Waals surface area contributed by atoms with Crippen LogP contribution in [0.3, 0.4) is 0 Å². The second kappa shape index (κ2) is 5.63. The molecule has 0 bridgehead atoms. The van der Waals surface area contributed by atoms with Crippen molar-refractivity contribution in [2.75, 3.05) is 0 Å². The molecule has 0 saturated carbocycles. The molecule has 0 aliphatic carbocycles. The van der Waals surface area contributed by atoms with Gasteiger partial charge in [-0.05, 0) is 0 Å². The number of rotatable bonds is 6. The van der Waals surface area contributed by atoms with Gasteiger partial charge in [0.25, 0.3) is 0 Å². The molecule has 2 unspecified atom stereocenters. The zero-order valence-corrected chi connectivity index (χ0v) is 11.2. The molecule has 0 aromatic carbocycles. The third-order valence-electron chi connectivity index (χ3n) is 1.84. The van der Waals surface area contributed by atoms with E-state index >= 15 is 0 Å². The molecule has 0 nitrogen and oxygen atoms in total. The zero-order chi connectivity index (χ0) is 12.3. The Morgan fingerprint density at radius 1 is 0.867 bits per heavy atom. The van der Waals surface area contributed by atoms with E-state index in [-0.39, 0.29) is 0 Å². The van der Waals surface area contributed by atoms with Crippen molar-refractivity contribution in [3.8, 4) is 0 Å². The van der Waals surface area contributed by atoms with Crippen LogP contribution in [0.1, 0.15) is 26.7 Å². The Morgan fingerprint density at radius 2 is 1.13 bits per heavy atom. The Labute approximate surface area is 94.6 Å². The Morgan fingerprint density at radius 3 is 1.33 bits per heavy atom. The fraction of sp³-hybridized carbons (Fsp3) is 1.00. The van der Waals surface area contributed by atoms with Crippen LogP contribution < -0.4 is 0 Å².